The van der Waals surface area contributed by atoms with E-state index in [0.29, 0.717) is 38.4 Å². The number of carbonyl (C=O) groups excluding carboxylic acids is 2. The van der Waals surface area contributed by atoms with Crippen LogP contribution in [0.15, 0.2) is 55.1 Å². The number of likely N-dealkylation sites (tertiary alicyclic amines) is 1. The van der Waals surface area contributed by atoms with Crippen LogP contribution in [0.4, 0.5) is 4.79 Å². The first-order chi connectivity index (χ1) is 16.6. The number of carbonyl (C=O) groups is 2. The Kier molecular flexibility index (Phi) is 7.85. The number of hydrogen-bond acceptors (Lipinski definition) is 5. The topological polar surface area (TPSA) is 77.1 Å². The van der Waals surface area contributed by atoms with Crippen LogP contribution in [0.1, 0.15) is 42.1 Å². The summed E-state index contributed by atoms with van der Waals surface area (Å²) < 4.78 is 17.3. The van der Waals surface area contributed by atoms with Gasteiger partial charge in [-0.05, 0) is 61.6 Å². The standard InChI is InChI=1S/C27H32N2O5/c1-3-5-14-28-25(30)20-8-6-19(7-9-20)22-10-11-24-23(17-22)18-33-26(34-24)21-12-15-29(16-13-21)27(31)32-4-2/h3,6-11,17,21,26H,1,4-5,12-16,18H2,2H3,(H,28,30). The first-order valence-electron chi connectivity index (χ1n) is 11.9. The Bertz CT molecular complexity index is 1010. The van der Waals surface area contributed by atoms with Crippen LogP contribution in [0.2, 0.25) is 0 Å². The number of nitrogens with zero attached hydrogens (tertiary/aromatic N) is 1. The highest BCUT2D eigenvalue weighted by Gasteiger charge is 2.33. The average Bonchev–Trinajstić information content (AvgIpc) is 2.88. The molecule has 2 aliphatic heterocycles. The molecule has 2 amide bonds. The predicted molar refractivity (Wildman–Crippen MR) is 130 cm³/mol. The van der Waals surface area contributed by atoms with Crippen molar-refractivity contribution in [2.45, 2.75) is 39.1 Å². The molecule has 4 rings (SSSR count). The molecule has 1 atom stereocenters. The van der Waals surface area contributed by atoms with Gasteiger partial charge in [-0.25, -0.2) is 4.79 Å². The Balaban J connectivity index is 1.35. The molecule has 0 aliphatic carbocycles. The largest absolute Gasteiger partial charge is 0.464 e. The van der Waals surface area contributed by atoms with Gasteiger partial charge in [0.2, 0.25) is 6.29 Å². The SMILES string of the molecule is C=CCCNC(=O)c1ccc(-c2ccc3c(c2)COC(C2CCN(C(=O)OCC)CC2)O3)cc1. The van der Waals surface area contributed by atoms with E-state index in [9.17, 15) is 9.59 Å². The molecule has 1 saturated heterocycles. The van der Waals surface area contributed by atoms with Crippen molar-refractivity contribution < 1.29 is 23.8 Å². The van der Waals surface area contributed by atoms with Crippen LogP contribution in [0, 0.1) is 5.92 Å². The highest BCUT2D eigenvalue weighted by molar-refractivity contribution is 5.94. The number of amides is 2. The molecule has 0 aromatic heterocycles. The molecular weight excluding hydrogens is 432 g/mol. The molecule has 1 fully saturated rings. The summed E-state index contributed by atoms with van der Waals surface area (Å²) in [5.74, 6) is 0.995. The van der Waals surface area contributed by atoms with Gasteiger partial charge < -0.3 is 24.4 Å². The Hall–Kier alpha value is -3.32. The number of ether oxygens (including phenoxy) is 3. The van der Waals surface area contributed by atoms with Gasteiger partial charge >= 0.3 is 6.09 Å². The van der Waals surface area contributed by atoms with Gasteiger partial charge in [0, 0.05) is 36.7 Å². The smallest absolute Gasteiger partial charge is 0.409 e. The summed E-state index contributed by atoms with van der Waals surface area (Å²) in [5, 5.41) is 2.88. The fourth-order valence-electron chi connectivity index (χ4n) is 4.32. The second-order valence-corrected chi connectivity index (χ2v) is 8.55. The van der Waals surface area contributed by atoms with Crippen molar-refractivity contribution >= 4 is 12.0 Å². The van der Waals surface area contributed by atoms with Crippen molar-refractivity contribution in [3.8, 4) is 16.9 Å². The second-order valence-electron chi connectivity index (χ2n) is 8.55. The molecule has 0 spiro atoms. The minimum Gasteiger partial charge on any atom is -0.464 e. The van der Waals surface area contributed by atoms with Crippen molar-refractivity contribution in [1.82, 2.24) is 10.2 Å². The number of benzene rings is 2. The highest BCUT2D eigenvalue weighted by Crippen LogP contribution is 2.35. The normalized spacial score (nSPS) is 17.9. The Morgan fingerprint density at radius 2 is 1.88 bits per heavy atom. The maximum Gasteiger partial charge on any atom is 0.409 e. The zero-order chi connectivity index (χ0) is 23.9. The molecular formula is C27H32N2O5. The van der Waals surface area contributed by atoms with E-state index >= 15 is 0 Å². The first-order valence-corrected chi connectivity index (χ1v) is 11.9. The molecule has 2 heterocycles. The van der Waals surface area contributed by atoms with E-state index in [-0.39, 0.29) is 24.2 Å². The van der Waals surface area contributed by atoms with Crippen molar-refractivity contribution in [3.63, 3.8) is 0 Å². The quantitative estimate of drug-likeness (QED) is 0.472. The lowest BCUT2D eigenvalue weighted by Gasteiger charge is -2.37. The summed E-state index contributed by atoms with van der Waals surface area (Å²) in [4.78, 5) is 25.9. The van der Waals surface area contributed by atoms with Crippen LogP contribution in [0.5, 0.6) is 5.75 Å². The zero-order valence-corrected chi connectivity index (χ0v) is 19.6. The van der Waals surface area contributed by atoms with Crippen molar-refractivity contribution in [2.75, 3.05) is 26.2 Å². The van der Waals surface area contributed by atoms with Crippen LogP contribution < -0.4 is 10.1 Å². The minimum absolute atomic E-state index is 0.0835. The number of piperidine rings is 1. The van der Waals surface area contributed by atoms with E-state index in [1.165, 1.54) is 0 Å². The molecule has 34 heavy (non-hydrogen) atoms. The maximum atomic E-state index is 12.2. The molecule has 1 N–H and O–H groups in total. The third-order valence-electron chi connectivity index (χ3n) is 6.27. The van der Waals surface area contributed by atoms with Gasteiger partial charge in [-0.15, -0.1) is 6.58 Å². The molecule has 7 nitrogen and oxygen atoms in total. The van der Waals surface area contributed by atoms with Gasteiger partial charge in [0.05, 0.1) is 13.2 Å². The minimum atomic E-state index is -0.304. The maximum absolute atomic E-state index is 12.2. The fourth-order valence-corrected chi connectivity index (χ4v) is 4.32. The van der Waals surface area contributed by atoms with Gasteiger partial charge in [0.15, 0.2) is 0 Å². The summed E-state index contributed by atoms with van der Waals surface area (Å²) in [6.07, 6.45) is 3.63. The fraction of sp³-hybridized carbons (Fsp3) is 0.407. The average molecular weight is 465 g/mol. The van der Waals surface area contributed by atoms with Crippen LogP contribution >= 0.6 is 0 Å². The molecule has 0 saturated carbocycles. The summed E-state index contributed by atoms with van der Waals surface area (Å²) in [7, 11) is 0. The van der Waals surface area contributed by atoms with E-state index in [1.54, 1.807) is 11.0 Å². The second kappa shape index (κ2) is 11.2. The lowest BCUT2D eigenvalue weighted by atomic mass is 9.95. The van der Waals surface area contributed by atoms with E-state index in [0.717, 1.165) is 41.7 Å². The monoisotopic (exact) mass is 464 g/mol. The number of hydrogen-bond donors (Lipinski definition) is 1. The Morgan fingerprint density at radius 1 is 1.15 bits per heavy atom. The summed E-state index contributed by atoms with van der Waals surface area (Å²) in [6.45, 7) is 8.24. The number of rotatable bonds is 7. The van der Waals surface area contributed by atoms with E-state index in [1.807, 2.05) is 43.3 Å². The molecule has 2 aliphatic rings. The molecule has 2 aromatic rings. The molecule has 2 aromatic carbocycles. The van der Waals surface area contributed by atoms with Crippen molar-refractivity contribution in [2.24, 2.45) is 5.92 Å². The van der Waals surface area contributed by atoms with Crippen LogP contribution in [0.3, 0.4) is 0 Å². The summed E-state index contributed by atoms with van der Waals surface area (Å²) in [5.41, 5.74) is 3.71. The van der Waals surface area contributed by atoms with E-state index in [4.69, 9.17) is 14.2 Å². The van der Waals surface area contributed by atoms with Gasteiger partial charge in [-0.3, -0.25) is 4.79 Å². The third-order valence-corrected chi connectivity index (χ3v) is 6.27. The lowest BCUT2D eigenvalue weighted by Crippen LogP contribution is -2.44. The summed E-state index contributed by atoms with van der Waals surface area (Å²) in [6, 6.07) is 13.7. The zero-order valence-electron chi connectivity index (χ0n) is 19.6. The third kappa shape index (κ3) is 5.59. The summed E-state index contributed by atoms with van der Waals surface area (Å²) >= 11 is 0. The van der Waals surface area contributed by atoms with Crippen LogP contribution in [0.25, 0.3) is 11.1 Å². The van der Waals surface area contributed by atoms with Gasteiger partial charge in [-0.2, -0.15) is 0 Å². The number of nitrogens with one attached hydrogen (secondary N) is 1. The van der Waals surface area contributed by atoms with Gasteiger partial charge in [0.1, 0.15) is 5.75 Å². The molecule has 0 bridgehead atoms. The van der Waals surface area contributed by atoms with Crippen molar-refractivity contribution in [1.29, 1.82) is 0 Å². The molecule has 7 heteroatoms. The molecule has 1 unspecified atom stereocenters. The Morgan fingerprint density at radius 3 is 2.59 bits per heavy atom. The lowest BCUT2D eigenvalue weighted by molar-refractivity contribution is -0.148. The van der Waals surface area contributed by atoms with Gasteiger partial charge in [-0.1, -0.05) is 24.3 Å². The highest BCUT2D eigenvalue weighted by atomic mass is 16.7. The van der Waals surface area contributed by atoms with E-state index in [2.05, 4.69) is 18.0 Å². The predicted octanol–water partition coefficient (Wildman–Crippen LogP) is 4.76. The van der Waals surface area contributed by atoms with Gasteiger partial charge in [0.25, 0.3) is 5.91 Å². The molecule has 0 radical (unpaired) electrons. The van der Waals surface area contributed by atoms with E-state index < -0.39 is 0 Å². The van der Waals surface area contributed by atoms with Crippen LogP contribution in [-0.2, 0) is 16.1 Å². The van der Waals surface area contributed by atoms with Crippen LogP contribution in [-0.4, -0.2) is 49.4 Å². The molecule has 180 valence electrons. The number of fused-ring (bicyclic) bond motifs is 1. The van der Waals surface area contributed by atoms with Crippen molar-refractivity contribution in [3.05, 3.63) is 66.2 Å². The first kappa shape index (κ1) is 23.8. The Labute approximate surface area is 200 Å².